The molecule has 0 aliphatic heterocycles. The molecule has 16 aromatic carbocycles. The van der Waals surface area contributed by atoms with Crippen molar-refractivity contribution in [2.45, 2.75) is 0 Å². The highest BCUT2D eigenvalue weighted by Gasteiger charge is 2.29. The molecule has 0 spiro atoms. The zero-order chi connectivity index (χ0) is 70.2. The van der Waals surface area contributed by atoms with Crippen LogP contribution in [0.3, 0.4) is 0 Å². The molecule has 0 atom stereocenters. The molecule has 0 amide bonds. The normalized spacial score (nSPS) is 12.9. The number of hydrogen-bond donors (Lipinski definition) is 0. The summed E-state index contributed by atoms with van der Waals surface area (Å²) in [5.74, 6) is -1.51. The first-order valence-electron chi connectivity index (χ1n) is 35.4. The van der Waals surface area contributed by atoms with Gasteiger partial charge in [-0.2, -0.15) is 0 Å². The molecule has 16 aromatic rings. The summed E-state index contributed by atoms with van der Waals surface area (Å²) in [5, 5.41) is 3.41. The maximum absolute atomic E-state index is 19.5. The van der Waals surface area contributed by atoms with Crippen molar-refractivity contribution in [1.29, 1.82) is 0 Å². The molecular formula is C88H58F2N2. The molecule has 92 heavy (non-hydrogen) atoms. The summed E-state index contributed by atoms with van der Waals surface area (Å²) in [6, 6.07) is 84.9. The molecule has 0 saturated heterocycles. The summed E-state index contributed by atoms with van der Waals surface area (Å²) in [4.78, 5) is 2.88. The number of para-hydroxylation sites is 2. The lowest BCUT2D eigenvalue weighted by molar-refractivity contribution is 0.632. The van der Waals surface area contributed by atoms with E-state index >= 15 is 8.78 Å². The van der Waals surface area contributed by atoms with Crippen molar-refractivity contribution >= 4 is 66.4 Å². The number of halogens is 2. The zero-order valence-corrected chi connectivity index (χ0v) is 49.4. The van der Waals surface area contributed by atoms with Crippen molar-refractivity contribution in [2.24, 2.45) is 0 Å². The van der Waals surface area contributed by atoms with Crippen LogP contribution in [0.5, 0.6) is 0 Å². The fourth-order valence-electron chi connectivity index (χ4n) is 13.2. The SMILES string of the molecule is [2H]c1c([2H])c([2H])c(N(c2cc(-c3ccccc3-c3ccccc3)cc(-c3ccccc3-c3ccccc3)c2F)c2ccc3ccc4c(N(c5cc(-c6ccccc6-c6ccccc6)cc(-c6ccccc6-c6ccccc6)c5F)c5c([2H])c([2H])c([2H])c([2H])c5[2H])ccc5ccc2c3c54)c([2H])c1[2H]. The molecule has 0 radical (unpaired) electrons. The summed E-state index contributed by atoms with van der Waals surface area (Å²) >= 11 is 0. The summed E-state index contributed by atoms with van der Waals surface area (Å²) in [6.45, 7) is 0. The third kappa shape index (κ3) is 9.92. The van der Waals surface area contributed by atoms with Crippen LogP contribution in [0, 0.1) is 11.6 Å². The summed E-state index contributed by atoms with van der Waals surface area (Å²) in [5.41, 5.74) is 10.0. The Morgan fingerprint density at radius 3 is 0.826 bits per heavy atom. The quantitative estimate of drug-likeness (QED) is 0.100. The molecule has 0 bridgehead atoms. The molecule has 2 nitrogen and oxygen atoms in total. The van der Waals surface area contributed by atoms with Gasteiger partial charge in [0.1, 0.15) is 0 Å². The zero-order valence-electron chi connectivity index (χ0n) is 59.4. The van der Waals surface area contributed by atoms with E-state index in [0.29, 0.717) is 54.6 Å². The lowest BCUT2D eigenvalue weighted by Crippen LogP contribution is -2.14. The Morgan fingerprint density at radius 2 is 0.500 bits per heavy atom. The number of anilines is 6. The molecule has 0 aliphatic carbocycles. The van der Waals surface area contributed by atoms with Crippen LogP contribution in [0.15, 0.2) is 352 Å². The number of rotatable bonds is 14. The van der Waals surface area contributed by atoms with Crippen molar-refractivity contribution in [1.82, 2.24) is 0 Å². The van der Waals surface area contributed by atoms with Gasteiger partial charge < -0.3 is 9.80 Å². The van der Waals surface area contributed by atoms with Gasteiger partial charge >= 0.3 is 0 Å². The molecule has 4 heteroatoms. The summed E-state index contributed by atoms with van der Waals surface area (Å²) < 4.78 is 133. The lowest BCUT2D eigenvalue weighted by Gasteiger charge is -2.31. The highest BCUT2D eigenvalue weighted by Crippen LogP contribution is 2.52. The van der Waals surface area contributed by atoms with Crippen LogP contribution in [0.25, 0.3) is 121 Å². The maximum Gasteiger partial charge on any atom is 0.155 e. The highest BCUT2D eigenvalue weighted by atomic mass is 19.1. The standard InChI is InChI=1S/C88H58F2N2/c89-87-79(75-45-25-23-41-71(75)61-31-11-3-12-32-61)55-65(73-43-21-19-39-69(73)59-27-7-1-8-28-59)57-83(87)91(67-35-15-5-16-36-67)81-53-49-63-48-52-78-82(54-50-64-47-51-77(81)85(63)86(64)78)92(68-37-17-6-18-38-68)84-58-66(74-44-22-20-40-70(74)60-29-9-2-10-30-60)56-80(88(84)90)76-46-26-24-42-72(76)62-33-13-4-14-34-62/h1-58H/i5D,6D,15D,16D,17D,18D,35D,36D,37D,38D. The number of nitrogens with zero attached hydrogens (tertiary/aromatic N) is 2. The Balaban J connectivity index is 1.00. The minimum Gasteiger partial charge on any atom is -0.307 e. The van der Waals surface area contributed by atoms with E-state index in [-0.39, 0.29) is 45.3 Å². The van der Waals surface area contributed by atoms with E-state index in [9.17, 15) is 11.0 Å². The molecule has 16 rings (SSSR count). The predicted molar refractivity (Wildman–Crippen MR) is 383 cm³/mol. The second-order valence-electron chi connectivity index (χ2n) is 22.6. The monoisotopic (exact) mass is 1190 g/mol. The average Bonchev–Trinajstić information content (AvgIpc) is 0.712. The van der Waals surface area contributed by atoms with Crippen molar-refractivity contribution in [3.63, 3.8) is 0 Å². The van der Waals surface area contributed by atoms with Crippen LogP contribution in [0.1, 0.15) is 13.7 Å². The Labute approximate surface area is 548 Å². The van der Waals surface area contributed by atoms with E-state index in [1.165, 1.54) is 9.80 Å². The number of hydrogen-bond acceptors (Lipinski definition) is 2. The second kappa shape index (κ2) is 23.8. The Hall–Kier alpha value is -12.0. The third-order valence-corrected chi connectivity index (χ3v) is 17.4. The third-order valence-electron chi connectivity index (χ3n) is 17.4. The van der Waals surface area contributed by atoms with Crippen molar-refractivity contribution in [2.75, 3.05) is 9.80 Å². The molecule has 0 fully saturated rings. The van der Waals surface area contributed by atoms with Gasteiger partial charge in [-0.3, -0.25) is 0 Å². The van der Waals surface area contributed by atoms with Crippen LogP contribution in [0.4, 0.5) is 42.9 Å². The lowest BCUT2D eigenvalue weighted by atomic mass is 9.88. The average molecular weight is 1190 g/mol. The molecule has 434 valence electrons. The van der Waals surface area contributed by atoms with Crippen LogP contribution < -0.4 is 9.80 Å². The minimum atomic E-state index is -0.755. The van der Waals surface area contributed by atoms with Crippen molar-refractivity contribution in [3.05, 3.63) is 363 Å². The minimum absolute atomic E-state index is 0.135. The first kappa shape index (κ1) is 45.3. The van der Waals surface area contributed by atoms with Crippen molar-refractivity contribution in [3.8, 4) is 89.0 Å². The molecular weight excluding hydrogens is 1120 g/mol. The molecule has 0 unspecified atom stereocenters. The van der Waals surface area contributed by atoms with Crippen LogP contribution >= 0.6 is 0 Å². The smallest absolute Gasteiger partial charge is 0.155 e. The van der Waals surface area contributed by atoms with E-state index in [0.717, 1.165) is 55.6 Å². The van der Waals surface area contributed by atoms with E-state index in [2.05, 4.69) is 0 Å². The molecule has 0 aromatic heterocycles. The van der Waals surface area contributed by atoms with Gasteiger partial charge in [0.2, 0.25) is 0 Å². The van der Waals surface area contributed by atoms with Crippen molar-refractivity contribution < 1.29 is 22.5 Å². The van der Waals surface area contributed by atoms with Crippen LogP contribution in [-0.2, 0) is 0 Å². The largest absolute Gasteiger partial charge is 0.307 e. The van der Waals surface area contributed by atoms with Gasteiger partial charge in [0, 0.05) is 33.3 Å². The van der Waals surface area contributed by atoms with Gasteiger partial charge in [0.15, 0.2) is 11.6 Å². The van der Waals surface area contributed by atoms with Gasteiger partial charge in [-0.05, 0) is 160 Å². The highest BCUT2D eigenvalue weighted by molar-refractivity contribution is 6.28. The fourth-order valence-corrected chi connectivity index (χ4v) is 13.2. The van der Waals surface area contributed by atoms with Gasteiger partial charge in [-0.15, -0.1) is 0 Å². The maximum atomic E-state index is 19.5. The number of benzene rings is 16. The van der Waals surface area contributed by atoms with Crippen LogP contribution in [0.2, 0.25) is 0 Å². The van der Waals surface area contributed by atoms with E-state index < -0.39 is 72.1 Å². The van der Waals surface area contributed by atoms with E-state index in [4.69, 9.17) is 2.74 Å². The predicted octanol–water partition coefficient (Wildman–Crippen LogP) is 25.1. The van der Waals surface area contributed by atoms with Crippen LogP contribution in [-0.4, -0.2) is 0 Å². The molecule has 0 heterocycles. The Kier molecular flexibility index (Phi) is 11.7. The Bertz CT molecular complexity index is 5570. The Morgan fingerprint density at radius 1 is 0.228 bits per heavy atom. The summed E-state index contributed by atoms with van der Waals surface area (Å²) in [6.07, 6.45) is 0. The van der Waals surface area contributed by atoms with Gasteiger partial charge in [-0.25, -0.2) is 8.78 Å². The summed E-state index contributed by atoms with van der Waals surface area (Å²) in [7, 11) is 0. The molecule has 0 aliphatic rings. The van der Waals surface area contributed by atoms with Gasteiger partial charge in [0.25, 0.3) is 0 Å². The van der Waals surface area contributed by atoms with E-state index in [1.54, 1.807) is 36.4 Å². The first-order chi connectivity index (χ1) is 49.7. The van der Waals surface area contributed by atoms with Gasteiger partial charge in [-0.1, -0.05) is 291 Å². The van der Waals surface area contributed by atoms with Gasteiger partial charge in [0.05, 0.1) is 36.5 Å². The molecule has 0 N–H and O–H groups in total. The first-order valence-corrected chi connectivity index (χ1v) is 30.4. The second-order valence-corrected chi connectivity index (χ2v) is 22.6. The molecule has 0 saturated carbocycles. The topological polar surface area (TPSA) is 6.48 Å². The van der Waals surface area contributed by atoms with E-state index in [1.807, 2.05) is 255 Å². The fraction of sp³-hybridized carbons (Fsp3) is 0.